The number of hydrogen-bond acceptors (Lipinski definition) is 4. The molecule has 1 fully saturated rings. The van der Waals surface area contributed by atoms with Gasteiger partial charge in [-0.3, -0.25) is 9.69 Å². The van der Waals surface area contributed by atoms with Crippen molar-refractivity contribution >= 4 is 62.3 Å². The van der Waals surface area contributed by atoms with Gasteiger partial charge in [0.1, 0.15) is 5.00 Å². The van der Waals surface area contributed by atoms with E-state index in [1.807, 2.05) is 46.2 Å². The highest BCUT2D eigenvalue weighted by Gasteiger charge is 2.45. The molecule has 2 aromatic rings. The molecule has 5 rings (SSSR count). The van der Waals surface area contributed by atoms with Gasteiger partial charge in [0.15, 0.2) is 5.50 Å². The molecule has 2 aliphatic heterocycles. The molecule has 0 bridgehead atoms. The van der Waals surface area contributed by atoms with Crippen LogP contribution in [0.2, 0.25) is 0 Å². The van der Waals surface area contributed by atoms with Gasteiger partial charge in [0.2, 0.25) is 0 Å². The first-order chi connectivity index (χ1) is 12.2. The number of para-hydroxylation sites is 1. The van der Waals surface area contributed by atoms with Crippen molar-refractivity contribution in [3.63, 3.8) is 0 Å². The lowest BCUT2D eigenvalue weighted by Gasteiger charge is -2.47. The molecule has 2 atom stereocenters. The normalized spacial score (nSPS) is 25.4. The predicted octanol–water partition coefficient (Wildman–Crippen LogP) is 4.93. The summed E-state index contributed by atoms with van der Waals surface area (Å²) >= 11 is 6.35. The Morgan fingerprint density at radius 2 is 1.92 bits per heavy atom. The van der Waals surface area contributed by atoms with Gasteiger partial charge in [-0.1, -0.05) is 40.8 Å². The maximum Gasteiger partial charge on any atom is 0.263 e. The van der Waals surface area contributed by atoms with E-state index in [0.29, 0.717) is 3.92 Å². The van der Waals surface area contributed by atoms with Gasteiger partial charge in [0.05, 0.1) is 5.56 Å². The SMILES string of the molecule is O=C1c2c(sc3c2CCCC3)N2C[C@@H](I)CS[C@@H]2N1c1ccccc1. The Morgan fingerprint density at radius 3 is 2.76 bits per heavy atom. The summed E-state index contributed by atoms with van der Waals surface area (Å²) in [6.45, 7) is 1.03. The van der Waals surface area contributed by atoms with Crippen LogP contribution in [0.5, 0.6) is 0 Å². The molecule has 1 aromatic carbocycles. The minimum atomic E-state index is 0.0912. The highest BCUT2D eigenvalue weighted by Crippen LogP contribution is 2.49. The minimum absolute atomic E-state index is 0.0912. The quantitative estimate of drug-likeness (QED) is 0.426. The Bertz CT molecular complexity index is 822. The Labute approximate surface area is 169 Å². The molecular weight excluding hydrogens is 463 g/mol. The van der Waals surface area contributed by atoms with Crippen LogP contribution in [-0.2, 0) is 12.8 Å². The molecule has 3 nitrogen and oxygen atoms in total. The Kier molecular flexibility index (Phi) is 4.25. The zero-order valence-corrected chi connectivity index (χ0v) is 17.6. The van der Waals surface area contributed by atoms with Crippen LogP contribution in [0.15, 0.2) is 30.3 Å². The maximum atomic E-state index is 13.6. The lowest BCUT2D eigenvalue weighted by atomic mass is 9.94. The maximum absolute atomic E-state index is 13.6. The van der Waals surface area contributed by atoms with E-state index in [-0.39, 0.29) is 11.4 Å². The van der Waals surface area contributed by atoms with Crippen molar-refractivity contribution in [2.75, 3.05) is 22.1 Å². The van der Waals surface area contributed by atoms with Crippen molar-refractivity contribution < 1.29 is 4.79 Å². The van der Waals surface area contributed by atoms with Crippen molar-refractivity contribution in [1.29, 1.82) is 0 Å². The second-order valence-electron chi connectivity index (χ2n) is 6.81. The predicted molar refractivity (Wildman–Crippen MR) is 116 cm³/mol. The number of alkyl halides is 1. The number of amides is 1. The van der Waals surface area contributed by atoms with Gasteiger partial charge in [0, 0.05) is 26.8 Å². The summed E-state index contributed by atoms with van der Waals surface area (Å²) in [6.07, 6.45) is 4.68. The number of thiophene rings is 1. The highest BCUT2D eigenvalue weighted by molar-refractivity contribution is 14.1. The molecule has 1 amide bonds. The topological polar surface area (TPSA) is 23.6 Å². The van der Waals surface area contributed by atoms with Crippen LogP contribution in [0.1, 0.15) is 33.6 Å². The Balaban J connectivity index is 1.68. The van der Waals surface area contributed by atoms with Gasteiger partial charge in [0.25, 0.3) is 5.91 Å². The van der Waals surface area contributed by atoms with Crippen LogP contribution in [0.4, 0.5) is 10.7 Å². The number of benzene rings is 1. The van der Waals surface area contributed by atoms with E-state index < -0.39 is 0 Å². The number of thioether (sulfide) groups is 1. The molecule has 0 N–H and O–H groups in total. The van der Waals surface area contributed by atoms with Crippen molar-refractivity contribution in [3.8, 4) is 0 Å². The first kappa shape index (κ1) is 16.4. The molecule has 6 heteroatoms. The smallest absolute Gasteiger partial charge is 0.263 e. The summed E-state index contributed by atoms with van der Waals surface area (Å²) in [5, 5.41) is 1.24. The third-order valence-corrected chi connectivity index (χ3v) is 9.31. The van der Waals surface area contributed by atoms with E-state index in [9.17, 15) is 4.79 Å². The molecule has 3 heterocycles. The molecule has 1 aliphatic carbocycles. The number of hydrogen-bond donors (Lipinski definition) is 0. The summed E-state index contributed by atoms with van der Waals surface area (Å²) in [7, 11) is 0. The monoisotopic (exact) mass is 482 g/mol. The number of halogens is 1. The zero-order chi connectivity index (χ0) is 17.0. The molecule has 0 radical (unpaired) electrons. The van der Waals surface area contributed by atoms with Crippen molar-refractivity contribution in [2.45, 2.75) is 35.1 Å². The minimum Gasteiger partial charge on any atom is -0.332 e. The molecule has 1 saturated heterocycles. The van der Waals surface area contributed by atoms with Gasteiger partial charge in [-0.2, -0.15) is 0 Å². The molecule has 130 valence electrons. The fraction of sp³-hybridized carbons (Fsp3) is 0.421. The van der Waals surface area contributed by atoms with E-state index >= 15 is 0 Å². The fourth-order valence-corrected chi connectivity index (χ4v) is 7.81. The number of anilines is 2. The molecule has 0 saturated carbocycles. The van der Waals surface area contributed by atoms with Crippen LogP contribution in [0, 0.1) is 0 Å². The number of aryl methyl sites for hydroxylation is 1. The molecule has 1 aromatic heterocycles. The second-order valence-corrected chi connectivity index (χ2v) is 10.7. The standard InChI is InChI=1S/C19H19IN2OS2/c20-12-10-21-18-16(14-8-4-5-9-15(14)25-18)17(23)22(19(21)24-11-12)13-6-2-1-3-7-13/h1-3,6-7,12,19H,4-5,8-11H2/t12-,19+/m1/s1. The van der Waals surface area contributed by atoms with Crippen molar-refractivity contribution in [2.24, 2.45) is 0 Å². The summed E-state index contributed by atoms with van der Waals surface area (Å²) in [6, 6.07) is 10.2. The van der Waals surface area contributed by atoms with Crippen LogP contribution in [0.25, 0.3) is 0 Å². The number of carbonyl (C=O) groups excluding carboxylic acids is 1. The molecule has 3 aliphatic rings. The average molecular weight is 482 g/mol. The van der Waals surface area contributed by atoms with E-state index in [4.69, 9.17) is 0 Å². The van der Waals surface area contributed by atoms with Gasteiger partial charge in [-0.05, 0) is 43.4 Å². The first-order valence-electron chi connectivity index (χ1n) is 8.79. The third kappa shape index (κ3) is 2.63. The largest absolute Gasteiger partial charge is 0.332 e. The second kappa shape index (κ2) is 6.46. The summed E-state index contributed by atoms with van der Waals surface area (Å²) < 4.78 is 0.622. The van der Waals surface area contributed by atoms with Gasteiger partial charge in [-0.25, -0.2) is 0 Å². The van der Waals surface area contributed by atoms with Crippen molar-refractivity contribution in [3.05, 3.63) is 46.3 Å². The Morgan fingerprint density at radius 1 is 1.12 bits per heavy atom. The summed E-state index contributed by atoms with van der Waals surface area (Å²) in [5.74, 6) is 1.31. The van der Waals surface area contributed by atoms with Gasteiger partial charge < -0.3 is 4.90 Å². The summed E-state index contributed by atoms with van der Waals surface area (Å²) in [5.41, 5.74) is 3.46. The van der Waals surface area contributed by atoms with Crippen LogP contribution in [0.3, 0.4) is 0 Å². The summed E-state index contributed by atoms with van der Waals surface area (Å²) in [4.78, 5) is 19.6. The number of carbonyl (C=O) groups is 1. The van der Waals surface area contributed by atoms with Gasteiger partial charge >= 0.3 is 0 Å². The fourth-order valence-electron chi connectivity index (χ4n) is 4.06. The van der Waals surface area contributed by atoms with Crippen molar-refractivity contribution in [1.82, 2.24) is 0 Å². The number of fused-ring (bicyclic) bond motifs is 5. The van der Waals surface area contributed by atoms with E-state index in [2.05, 4.69) is 39.6 Å². The van der Waals surface area contributed by atoms with Crippen LogP contribution < -0.4 is 9.80 Å². The molecular formula is C19H19IN2OS2. The van der Waals surface area contributed by atoms with E-state index in [0.717, 1.165) is 36.4 Å². The van der Waals surface area contributed by atoms with Crippen LogP contribution >= 0.6 is 45.7 Å². The van der Waals surface area contributed by atoms with Crippen LogP contribution in [-0.4, -0.2) is 27.6 Å². The molecule has 25 heavy (non-hydrogen) atoms. The highest BCUT2D eigenvalue weighted by atomic mass is 127. The van der Waals surface area contributed by atoms with E-state index in [1.54, 1.807) is 0 Å². The lowest BCUT2D eigenvalue weighted by Crippen LogP contribution is -2.57. The molecule has 0 unspecified atom stereocenters. The number of nitrogens with zero attached hydrogens (tertiary/aromatic N) is 2. The first-order valence-corrected chi connectivity index (χ1v) is 11.9. The van der Waals surface area contributed by atoms with Gasteiger partial charge in [-0.15, -0.1) is 23.1 Å². The van der Waals surface area contributed by atoms with E-state index in [1.165, 1.54) is 28.3 Å². The lowest BCUT2D eigenvalue weighted by molar-refractivity contribution is 0.0978. The molecule has 0 spiro atoms. The average Bonchev–Trinajstić information content (AvgIpc) is 3.03. The third-order valence-electron chi connectivity index (χ3n) is 5.19. The Hall–Kier alpha value is -0.730. The zero-order valence-electron chi connectivity index (χ0n) is 13.8. The number of rotatable bonds is 1.